The zero-order chi connectivity index (χ0) is 19.8. The lowest BCUT2D eigenvalue weighted by atomic mass is 9.81. The van der Waals surface area contributed by atoms with Crippen LogP contribution in [0, 0.1) is 11.8 Å². The van der Waals surface area contributed by atoms with Crippen LogP contribution in [0.3, 0.4) is 0 Å². The maximum absolute atomic E-state index is 13.1. The van der Waals surface area contributed by atoms with Crippen molar-refractivity contribution in [2.45, 2.75) is 39.0 Å². The lowest BCUT2D eigenvalue weighted by Crippen LogP contribution is -2.47. The lowest BCUT2D eigenvalue weighted by Gasteiger charge is -2.38. The Morgan fingerprint density at radius 2 is 2.26 bits per heavy atom. The van der Waals surface area contributed by atoms with E-state index >= 15 is 0 Å². The first-order chi connectivity index (χ1) is 13.0. The fourth-order valence-corrected chi connectivity index (χ4v) is 3.88. The number of piperidine rings is 1. The second kappa shape index (κ2) is 10.2. The molecule has 0 bridgehead atoms. The molecule has 1 saturated heterocycles. The molecule has 1 aromatic carbocycles. The number of hydrogen-bond acceptors (Lipinski definition) is 4. The number of methoxy groups -OCH3 is 1. The molecule has 1 aliphatic rings. The number of ether oxygens (including phenoxy) is 1. The van der Waals surface area contributed by atoms with Gasteiger partial charge in [-0.2, -0.15) is 0 Å². The summed E-state index contributed by atoms with van der Waals surface area (Å²) in [4.78, 5) is 21.0. The maximum atomic E-state index is 13.1. The van der Waals surface area contributed by atoms with Crippen LogP contribution in [-0.4, -0.2) is 51.1 Å². The van der Waals surface area contributed by atoms with Crippen molar-refractivity contribution < 1.29 is 9.53 Å². The molecule has 0 spiro atoms. The third-order valence-corrected chi connectivity index (χ3v) is 5.53. The van der Waals surface area contributed by atoms with E-state index in [1.165, 1.54) is 4.90 Å². The molecule has 1 aromatic rings. The monoisotopic (exact) mass is 374 g/mol. The Morgan fingerprint density at radius 1 is 1.48 bits per heavy atom. The maximum Gasteiger partial charge on any atom is 0.232 e. The van der Waals surface area contributed by atoms with Crippen molar-refractivity contribution in [3.05, 3.63) is 24.3 Å². The van der Waals surface area contributed by atoms with Crippen molar-refractivity contribution in [3.8, 4) is 5.75 Å². The molecular weight excluding hydrogens is 340 g/mol. The van der Waals surface area contributed by atoms with Crippen LogP contribution in [0.25, 0.3) is 0 Å². The summed E-state index contributed by atoms with van der Waals surface area (Å²) in [5.41, 5.74) is 7.05. The van der Waals surface area contributed by atoms with E-state index in [1.807, 2.05) is 12.1 Å². The van der Waals surface area contributed by atoms with E-state index in [0.29, 0.717) is 5.92 Å². The van der Waals surface area contributed by atoms with Crippen LogP contribution in [0.4, 0.5) is 5.69 Å². The van der Waals surface area contributed by atoms with Crippen molar-refractivity contribution in [1.29, 1.82) is 0 Å². The summed E-state index contributed by atoms with van der Waals surface area (Å²) in [5, 5.41) is 0. The Labute approximate surface area is 163 Å². The highest BCUT2D eigenvalue weighted by Crippen LogP contribution is 2.32. The minimum atomic E-state index is -0.0244. The first kappa shape index (κ1) is 21.1. The minimum absolute atomic E-state index is 0.0244. The van der Waals surface area contributed by atoms with Crippen molar-refractivity contribution in [3.63, 3.8) is 0 Å². The third kappa shape index (κ3) is 5.37. The van der Waals surface area contributed by atoms with E-state index in [2.05, 4.69) is 28.9 Å². The Bertz CT molecular complexity index is 647. The van der Waals surface area contributed by atoms with Gasteiger partial charge in [0.1, 0.15) is 5.75 Å². The van der Waals surface area contributed by atoms with Crippen LogP contribution in [0.2, 0.25) is 0 Å². The Kier molecular flexibility index (Phi) is 7.95. The molecular formula is C21H34N4O2. The summed E-state index contributed by atoms with van der Waals surface area (Å²) in [7, 11) is 5.03. The molecule has 150 valence electrons. The van der Waals surface area contributed by atoms with Gasteiger partial charge in [0.2, 0.25) is 5.91 Å². The number of benzene rings is 1. The van der Waals surface area contributed by atoms with Gasteiger partial charge in [-0.05, 0) is 37.3 Å². The second-order valence-electron chi connectivity index (χ2n) is 7.28. The zero-order valence-corrected chi connectivity index (χ0v) is 17.1. The summed E-state index contributed by atoms with van der Waals surface area (Å²) in [6.45, 7) is 4.05. The number of amides is 1. The molecule has 2 rings (SSSR count). The van der Waals surface area contributed by atoms with Crippen molar-refractivity contribution in [2.75, 3.05) is 39.2 Å². The average Bonchev–Trinajstić information content (AvgIpc) is 2.72. The Hall–Kier alpha value is -2.24. The first-order valence-electron chi connectivity index (χ1n) is 9.90. The summed E-state index contributed by atoms with van der Waals surface area (Å²) < 4.78 is 5.37. The van der Waals surface area contributed by atoms with Gasteiger partial charge in [-0.25, -0.2) is 0 Å². The molecule has 1 heterocycles. The van der Waals surface area contributed by atoms with Gasteiger partial charge in [0.05, 0.1) is 7.11 Å². The lowest BCUT2D eigenvalue weighted by molar-refractivity contribution is -0.132. The summed E-state index contributed by atoms with van der Waals surface area (Å²) in [6.07, 6.45) is 5.17. The predicted octanol–water partition coefficient (Wildman–Crippen LogP) is 3.12. The van der Waals surface area contributed by atoms with E-state index in [0.717, 1.165) is 56.6 Å². The minimum Gasteiger partial charge on any atom is -0.497 e. The Balaban J connectivity index is 2.18. The van der Waals surface area contributed by atoms with Gasteiger partial charge in [0, 0.05) is 44.9 Å². The van der Waals surface area contributed by atoms with Gasteiger partial charge >= 0.3 is 0 Å². The summed E-state index contributed by atoms with van der Waals surface area (Å²) >= 11 is 0. The number of carbonyl (C=O) groups is 1. The number of anilines is 1. The van der Waals surface area contributed by atoms with E-state index in [-0.39, 0.29) is 17.8 Å². The first-order valence-corrected chi connectivity index (χ1v) is 9.90. The van der Waals surface area contributed by atoms with Gasteiger partial charge < -0.3 is 15.4 Å². The number of nitrogens with zero attached hydrogens (tertiary/aromatic N) is 3. The average molecular weight is 375 g/mol. The normalized spacial score (nSPS) is 18.9. The number of hydrogen-bond donors (Lipinski definition) is 1. The molecule has 0 unspecified atom stereocenters. The van der Waals surface area contributed by atoms with Crippen LogP contribution in [0.5, 0.6) is 5.75 Å². The number of unbranched alkanes of at least 4 members (excludes halogenated alkanes) is 1. The number of aliphatic imine (C=N–C) groups is 1. The summed E-state index contributed by atoms with van der Waals surface area (Å²) in [5.74, 6) is 1.52. The topological polar surface area (TPSA) is 71.2 Å². The van der Waals surface area contributed by atoms with Gasteiger partial charge in [0.25, 0.3) is 0 Å². The highest BCUT2D eigenvalue weighted by molar-refractivity contribution is 5.97. The van der Waals surface area contributed by atoms with E-state index in [4.69, 9.17) is 10.5 Å². The molecule has 0 saturated carbocycles. The van der Waals surface area contributed by atoms with Crippen molar-refractivity contribution >= 4 is 17.6 Å². The molecule has 6 heteroatoms. The molecule has 2 atom stereocenters. The number of carbonyl (C=O) groups excluding carboxylic acids is 1. The van der Waals surface area contributed by atoms with Gasteiger partial charge in [-0.3, -0.25) is 14.7 Å². The predicted molar refractivity (Wildman–Crippen MR) is 111 cm³/mol. The van der Waals surface area contributed by atoms with Gasteiger partial charge in [-0.15, -0.1) is 0 Å². The van der Waals surface area contributed by atoms with Crippen LogP contribution < -0.4 is 15.4 Å². The molecule has 6 nitrogen and oxygen atoms in total. The molecule has 0 radical (unpaired) electrons. The molecule has 27 heavy (non-hydrogen) atoms. The quantitative estimate of drug-likeness (QED) is 0.588. The third-order valence-electron chi connectivity index (χ3n) is 5.53. The smallest absolute Gasteiger partial charge is 0.232 e. The van der Waals surface area contributed by atoms with Crippen LogP contribution >= 0.6 is 0 Å². The van der Waals surface area contributed by atoms with Crippen molar-refractivity contribution in [1.82, 2.24) is 4.90 Å². The second-order valence-corrected chi connectivity index (χ2v) is 7.28. The molecule has 1 fully saturated rings. The molecule has 0 aromatic heterocycles. The SMILES string of the molecule is CCCC[C@H](C(=O)N(C)C(N)=NC)[C@@H]1CCCN(c2cccc(OC)c2)C1. The number of guanidine groups is 1. The largest absolute Gasteiger partial charge is 0.497 e. The van der Waals surface area contributed by atoms with Crippen LogP contribution in [0.1, 0.15) is 39.0 Å². The number of rotatable bonds is 7. The fraction of sp³-hybridized carbons (Fsp3) is 0.619. The zero-order valence-electron chi connectivity index (χ0n) is 17.1. The van der Waals surface area contributed by atoms with Crippen LogP contribution in [-0.2, 0) is 4.79 Å². The highest BCUT2D eigenvalue weighted by Gasteiger charge is 2.34. The van der Waals surface area contributed by atoms with Crippen molar-refractivity contribution in [2.24, 2.45) is 22.6 Å². The van der Waals surface area contributed by atoms with Crippen LogP contribution in [0.15, 0.2) is 29.3 Å². The Morgan fingerprint density at radius 3 is 2.93 bits per heavy atom. The molecule has 2 N–H and O–H groups in total. The van der Waals surface area contributed by atoms with E-state index in [1.54, 1.807) is 21.2 Å². The molecule has 1 amide bonds. The fourth-order valence-electron chi connectivity index (χ4n) is 3.88. The molecule has 0 aliphatic carbocycles. The van der Waals surface area contributed by atoms with Gasteiger partial charge in [0.15, 0.2) is 5.96 Å². The molecule has 1 aliphatic heterocycles. The van der Waals surface area contributed by atoms with Gasteiger partial charge in [-0.1, -0.05) is 25.8 Å². The van der Waals surface area contributed by atoms with E-state index < -0.39 is 0 Å². The highest BCUT2D eigenvalue weighted by atomic mass is 16.5. The standard InChI is InChI=1S/C21H34N4O2/c1-5-6-12-19(20(26)24(3)21(22)23-2)16-9-8-13-25(15-16)17-10-7-11-18(14-17)27-4/h7,10-11,14,16,19H,5-6,8-9,12-13,15H2,1-4H3,(H2,22,23)/t16-,19+/m1/s1. The van der Waals surface area contributed by atoms with E-state index in [9.17, 15) is 4.79 Å². The number of nitrogens with two attached hydrogens (primary N) is 1. The summed E-state index contributed by atoms with van der Waals surface area (Å²) in [6, 6.07) is 8.16.